The summed E-state index contributed by atoms with van der Waals surface area (Å²) < 4.78 is 0. The number of nitrogens with one attached hydrogen (secondary N) is 1. The number of hydrogen-bond donors (Lipinski definition) is 2. The summed E-state index contributed by atoms with van der Waals surface area (Å²) in [6, 6.07) is 3.02. The largest absolute Gasteiger partial charge is 0.397 e. The lowest BCUT2D eigenvalue weighted by Gasteiger charge is -2.17. The molecule has 0 saturated heterocycles. The van der Waals surface area contributed by atoms with Gasteiger partial charge in [0.1, 0.15) is 0 Å². The van der Waals surface area contributed by atoms with Crippen LogP contribution < -0.4 is 5.73 Å². The summed E-state index contributed by atoms with van der Waals surface area (Å²) in [7, 11) is 1.69. The zero-order chi connectivity index (χ0) is 14.0. The average Bonchev–Trinajstić information content (AvgIpc) is 2.87. The van der Waals surface area contributed by atoms with E-state index in [2.05, 4.69) is 10.2 Å². The number of aromatic amines is 1. The molecule has 3 N–H and O–H groups in total. The van der Waals surface area contributed by atoms with Crippen molar-refractivity contribution >= 4 is 34.8 Å². The number of nitrogens with two attached hydrogens (primary N) is 1. The van der Waals surface area contributed by atoms with Crippen LogP contribution in [0.1, 0.15) is 15.9 Å². The molecule has 1 aromatic carbocycles. The van der Waals surface area contributed by atoms with E-state index >= 15 is 0 Å². The Morgan fingerprint density at radius 2 is 2.21 bits per heavy atom. The summed E-state index contributed by atoms with van der Waals surface area (Å²) in [6.45, 7) is 0.440. The van der Waals surface area contributed by atoms with Crippen LogP contribution in [-0.2, 0) is 6.54 Å². The molecule has 5 nitrogen and oxygen atoms in total. The number of anilines is 1. The second-order valence-electron chi connectivity index (χ2n) is 4.13. The number of nitrogen functional groups attached to an aromatic ring is 1. The van der Waals surface area contributed by atoms with Gasteiger partial charge in [0.15, 0.2) is 0 Å². The number of rotatable bonds is 3. The number of carbonyl (C=O) groups is 1. The zero-order valence-electron chi connectivity index (χ0n) is 10.2. The van der Waals surface area contributed by atoms with Gasteiger partial charge in [0.05, 0.1) is 21.9 Å². The molecule has 0 radical (unpaired) electrons. The third-order valence-electron chi connectivity index (χ3n) is 2.62. The van der Waals surface area contributed by atoms with Gasteiger partial charge in [-0.05, 0) is 12.1 Å². The molecule has 0 unspecified atom stereocenters. The van der Waals surface area contributed by atoms with Gasteiger partial charge in [-0.3, -0.25) is 9.89 Å². The SMILES string of the molecule is CN(Cc1cn[nH]c1)C(=O)c1cc(N)c(Cl)c(Cl)c1. The van der Waals surface area contributed by atoms with Crippen molar-refractivity contribution in [2.24, 2.45) is 0 Å². The number of hydrogen-bond acceptors (Lipinski definition) is 3. The second-order valence-corrected chi connectivity index (χ2v) is 4.91. The van der Waals surface area contributed by atoms with Crippen molar-refractivity contribution in [1.82, 2.24) is 15.1 Å². The molecule has 1 amide bonds. The third-order valence-corrected chi connectivity index (χ3v) is 3.44. The maximum Gasteiger partial charge on any atom is 0.254 e. The highest BCUT2D eigenvalue weighted by Crippen LogP contribution is 2.29. The van der Waals surface area contributed by atoms with Gasteiger partial charge in [0, 0.05) is 30.9 Å². The maximum atomic E-state index is 12.2. The monoisotopic (exact) mass is 298 g/mol. The van der Waals surface area contributed by atoms with E-state index in [9.17, 15) is 4.79 Å². The quantitative estimate of drug-likeness (QED) is 0.855. The van der Waals surface area contributed by atoms with Gasteiger partial charge in [-0.1, -0.05) is 23.2 Å². The first-order chi connectivity index (χ1) is 8.99. The Morgan fingerprint density at radius 3 is 2.79 bits per heavy atom. The molecule has 1 heterocycles. The minimum atomic E-state index is -0.188. The summed E-state index contributed by atoms with van der Waals surface area (Å²) in [6.07, 6.45) is 3.39. The molecule has 19 heavy (non-hydrogen) atoms. The molecule has 0 spiro atoms. The van der Waals surface area contributed by atoms with Crippen molar-refractivity contribution in [3.05, 3.63) is 45.7 Å². The van der Waals surface area contributed by atoms with Crippen LogP contribution in [0.25, 0.3) is 0 Å². The molecule has 0 bridgehead atoms. The van der Waals surface area contributed by atoms with Crippen molar-refractivity contribution in [1.29, 1.82) is 0 Å². The van der Waals surface area contributed by atoms with Crippen LogP contribution in [0, 0.1) is 0 Å². The van der Waals surface area contributed by atoms with E-state index in [1.165, 1.54) is 12.1 Å². The molecule has 100 valence electrons. The molecule has 0 saturated carbocycles. The molecule has 0 aliphatic heterocycles. The van der Waals surface area contributed by atoms with Crippen molar-refractivity contribution in [3.8, 4) is 0 Å². The predicted octanol–water partition coefficient (Wildman–Crippen LogP) is 2.57. The Morgan fingerprint density at radius 1 is 1.47 bits per heavy atom. The Kier molecular flexibility index (Phi) is 3.97. The fraction of sp³-hybridized carbons (Fsp3) is 0.167. The second kappa shape index (κ2) is 5.50. The Balaban J connectivity index is 2.19. The fourth-order valence-electron chi connectivity index (χ4n) is 1.66. The van der Waals surface area contributed by atoms with Gasteiger partial charge < -0.3 is 10.6 Å². The van der Waals surface area contributed by atoms with E-state index in [0.717, 1.165) is 5.56 Å². The number of carbonyl (C=O) groups excluding carboxylic acids is 1. The number of nitrogens with zero attached hydrogens (tertiary/aromatic N) is 2. The van der Waals surface area contributed by atoms with Crippen LogP contribution in [0.2, 0.25) is 10.0 Å². The van der Waals surface area contributed by atoms with E-state index in [-0.39, 0.29) is 21.6 Å². The van der Waals surface area contributed by atoms with E-state index in [4.69, 9.17) is 28.9 Å². The highest BCUT2D eigenvalue weighted by molar-refractivity contribution is 6.43. The molecule has 0 aliphatic rings. The van der Waals surface area contributed by atoms with Gasteiger partial charge in [-0.15, -0.1) is 0 Å². The van der Waals surface area contributed by atoms with Gasteiger partial charge in [-0.25, -0.2) is 0 Å². The summed E-state index contributed by atoms with van der Waals surface area (Å²) in [5, 5.41) is 7.04. The molecule has 1 aromatic heterocycles. The number of halogens is 2. The molecular weight excluding hydrogens is 287 g/mol. The average molecular weight is 299 g/mol. The molecule has 0 aliphatic carbocycles. The number of benzene rings is 1. The van der Waals surface area contributed by atoms with Crippen LogP contribution >= 0.6 is 23.2 Å². The van der Waals surface area contributed by atoms with Crippen molar-refractivity contribution in [2.75, 3.05) is 12.8 Å². The van der Waals surface area contributed by atoms with E-state index in [1.807, 2.05) is 0 Å². The topological polar surface area (TPSA) is 75.0 Å². The highest BCUT2D eigenvalue weighted by Gasteiger charge is 2.15. The lowest BCUT2D eigenvalue weighted by Crippen LogP contribution is -2.26. The van der Waals surface area contributed by atoms with Gasteiger partial charge in [-0.2, -0.15) is 5.10 Å². The summed E-state index contributed by atoms with van der Waals surface area (Å²) >= 11 is 11.8. The smallest absolute Gasteiger partial charge is 0.254 e. The van der Waals surface area contributed by atoms with Crippen LogP contribution in [0.4, 0.5) is 5.69 Å². The Bertz CT molecular complexity index is 575. The van der Waals surface area contributed by atoms with Gasteiger partial charge >= 0.3 is 0 Å². The van der Waals surface area contributed by atoms with Gasteiger partial charge in [0.2, 0.25) is 0 Å². The molecular formula is C12H12Cl2N4O. The normalized spacial score (nSPS) is 10.5. The summed E-state index contributed by atoms with van der Waals surface area (Å²) in [5.41, 5.74) is 7.29. The minimum Gasteiger partial charge on any atom is -0.397 e. The maximum absolute atomic E-state index is 12.2. The lowest BCUT2D eigenvalue weighted by atomic mass is 10.1. The first-order valence-corrected chi connectivity index (χ1v) is 6.22. The van der Waals surface area contributed by atoms with Gasteiger partial charge in [0.25, 0.3) is 5.91 Å². The first-order valence-electron chi connectivity index (χ1n) is 5.46. The summed E-state index contributed by atoms with van der Waals surface area (Å²) in [4.78, 5) is 13.8. The minimum absolute atomic E-state index is 0.188. The van der Waals surface area contributed by atoms with E-state index in [1.54, 1.807) is 24.3 Å². The highest BCUT2D eigenvalue weighted by atomic mass is 35.5. The van der Waals surface area contributed by atoms with E-state index in [0.29, 0.717) is 12.1 Å². The first kappa shape index (κ1) is 13.7. The fourth-order valence-corrected chi connectivity index (χ4v) is 2.00. The van der Waals surface area contributed by atoms with Crippen molar-refractivity contribution in [3.63, 3.8) is 0 Å². The van der Waals surface area contributed by atoms with Crippen molar-refractivity contribution < 1.29 is 4.79 Å². The molecule has 7 heteroatoms. The standard InChI is InChI=1S/C12H12Cl2N4O/c1-18(6-7-4-16-17-5-7)12(19)8-2-9(13)11(14)10(15)3-8/h2-5H,6,15H2,1H3,(H,16,17). The summed E-state index contributed by atoms with van der Waals surface area (Å²) in [5.74, 6) is -0.188. The molecule has 2 rings (SSSR count). The van der Waals surface area contributed by atoms with E-state index < -0.39 is 0 Å². The molecule has 2 aromatic rings. The number of aromatic nitrogens is 2. The third kappa shape index (κ3) is 3.00. The zero-order valence-corrected chi connectivity index (χ0v) is 11.7. The van der Waals surface area contributed by atoms with Crippen LogP contribution in [-0.4, -0.2) is 28.1 Å². The Hall–Kier alpha value is -1.72. The molecule has 0 atom stereocenters. The van der Waals surface area contributed by atoms with Crippen LogP contribution in [0.15, 0.2) is 24.5 Å². The number of H-pyrrole nitrogens is 1. The predicted molar refractivity (Wildman–Crippen MR) is 75.3 cm³/mol. The van der Waals surface area contributed by atoms with Crippen LogP contribution in [0.3, 0.4) is 0 Å². The van der Waals surface area contributed by atoms with Crippen molar-refractivity contribution in [2.45, 2.75) is 6.54 Å². The number of amides is 1. The lowest BCUT2D eigenvalue weighted by molar-refractivity contribution is 0.0785. The Labute approximate surface area is 120 Å². The van der Waals surface area contributed by atoms with Crippen LogP contribution in [0.5, 0.6) is 0 Å². The molecule has 0 fully saturated rings.